The first kappa shape index (κ1) is 28.4. The first-order valence-corrected chi connectivity index (χ1v) is 19.5. The third-order valence-electron chi connectivity index (χ3n) is 6.99. The molecule has 0 N–H and O–H groups in total. The molecule has 0 spiro atoms. The van der Waals surface area contributed by atoms with Crippen LogP contribution in [0.25, 0.3) is 5.57 Å². The van der Waals surface area contributed by atoms with Gasteiger partial charge in [0.05, 0.1) is 0 Å². The summed E-state index contributed by atoms with van der Waals surface area (Å²) in [7, 11) is 0. The zero-order valence-electron chi connectivity index (χ0n) is 19.6. The van der Waals surface area contributed by atoms with Gasteiger partial charge in [0.1, 0.15) is 0 Å². The van der Waals surface area contributed by atoms with Crippen molar-refractivity contribution in [2.75, 3.05) is 0 Å². The number of fused-ring (bicyclic) bond motifs is 1. The SMILES string of the molecule is CC1=C(C)C(C)[C]([Zr+2]([CH]2C=C(c3cc(F)c(F)c(F)c3)c3ccccc32)=[Si](C)C)=C1C.[Cl-].[Cl-]. The van der Waals surface area contributed by atoms with Gasteiger partial charge < -0.3 is 24.8 Å². The molecule has 33 heavy (non-hydrogen) atoms. The van der Waals surface area contributed by atoms with Gasteiger partial charge in [-0.05, 0) is 0 Å². The van der Waals surface area contributed by atoms with Crippen molar-refractivity contribution in [3.63, 3.8) is 0 Å². The van der Waals surface area contributed by atoms with Crippen LogP contribution in [0, 0.1) is 23.4 Å². The summed E-state index contributed by atoms with van der Waals surface area (Å²) in [4.78, 5) is 0. The van der Waals surface area contributed by atoms with E-state index in [0.29, 0.717) is 15.1 Å². The standard InChI is InChI=1S/C15H8F3.C9H13.C2H6Si.2ClH.Zr/c16-13-7-10(8-14(17)15(13)18)12-6-5-9-3-1-2-4-11(9)12;1-6-5-7(2)9(4)8(6)3;1-3-2;;;/h1-8H;6H,1-4H3;1-2H3;2*1H;/q;;;;;+2/p-2. The van der Waals surface area contributed by atoms with Gasteiger partial charge in [0.15, 0.2) is 0 Å². The van der Waals surface area contributed by atoms with E-state index in [1.165, 1.54) is 22.3 Å². The average Bonchev–Trinajstić information content (AvgIpc) is 3.19. The van der Waals surface area contributed by atoms with Crippen molar-refractivity contribution in [2.45, 2.75) is 44.4 Å². The van der Waals surface area contributed by atoms with Gasteiger partial charge in [0.25, 0.3) is 0 Å². The normalized spacial score (nSPS) is 18.8. The first-order chi connectivity index (χ1) is 14.6. The maximum Gasteiger partial charge on any atom is -1.00 e. The first-order valence-electron chi connectivity index (χ1n) is 10.7. The predicted molar refractivity (Wildman–Crippen MR) is 120 cm³/mol. The number of benzene rings is 2. The van der Waals surface area contributed by atoms with Crippen molar-refractivity contribution in [3.8, 4) is 0 Å². The quantitative estimate of drug-likeness (QED) is 0.380. The summed E-state index contributed by atoms with van der Waals surface area (Å²) in [5.41, 5.74) is 7.39. The van der Waals surface area contributed by atoms with Crippen LogP contribution in [0.3, 0.4) is 0 Å². The molecule has 0 saturated heterocycles. The molecule has 0 bridgehead atoms. The summed E-state index contributed by atoms with van der Waals surface area (Å²) in [6, 6.07) is 10.5. The van der Waals surface area contributed by atoms with E-state index < -0.39 is 43.3 Å². The predicted octanol–water partition coefficient (Wildman–Crippen LogP) is 1.73. The van der Waals surface area contributed by atoms with Crippen LogP contribution < -0.4 is 24.8 Å². The van der Waals surface area contributed by atoms with Crippen LogP contribution in [0.1, 0.15) is 48.0 Å². The Morgan fingerprint density at radius 1 is 0.879 bits per heavy atom. The molecule has 2 aliphatic carbocycles. The minimum Gasteiger partial charge on any atom is -1.00 e. The Morgan fingerprint density at radius 2 is 1.45 bits per heavy atom. The van der Waals surface area contributed by atoms with E-state index >= 15 is 0 Å². The van der Waals surface area contributed by atoms with E-state index in [1.54, 1.807) is 3.28 Å². The van der Waals surface area contributed by atoms with Crippen LogP contribution in [0.2, 0.25) is 13.1 Å². The molecule has 0 amide bonds. The Bertz CT molecular complexity index is 1220. The molecule has 0 heterocycles. The van der Waals surface area contributed by atoms with Gasteiger partial charge in [0.2, 0.25) is 0 Å². The van der Waals surface area contributed by atoms with E-state index in [2.05, 4.69) is 59.0 Å². The summed E-state index contributed by atoms with van der Waals surface area (Å²) in [5.74, 6) is -3.19. The second kappa shape index (κ2) is 10.8. The molecule has 0 radical (unpaired) electrons. The average molecular weight is 587 g/mol. The molecule has 2 aromatic carbocycles. The molecule has 4 rings (SSSR count). The van der Waals surface area contributed by atoms with Crippen LogP contribution in [-0.2, 0) is 20.4 Å². The van der Waals surface area contributed by atoms with Gasteiger partial charge in [-0.2, -0.15) is 0 Å². The monoisotopic (exact) mass is 584 g/mol. The summed E-state index contributed by atoms with van der Waals surface area (Å²) < 4.78 is 43.7. The molecule has 0 saturated carbocycles. The largest absolute Gasteiger partial charge is 1.00 e. The molecule has 174 valence electrons. The summed E-state index contributed by atoms with van der Waals surface area (Å²) in [5, 5.41) is 0. The second-order valence-corrected chi connectivity index (χ2v) is 26.3. The molecule has 0 fully saturated rings. The number of halogens is 5. The molecular weight excluding hydrogens is 559 g/mol. The topological polar surface area (TPSA) is 0 Å². The Hall–Kier alpha value is -0.870. The van der Waals surface area contributed by atoms with Crippen molar-refractivity contribution in [1.29, 1.82) is 0 Å². The van der Waals surface area contributed by atoms with Crippen LogP contribution in [0.4, 0.5) is 13.2 Å². The fraction of sp³-hybridized carbons (Fsp3) is 0.308. The molecule has 2 aliphatic rings. The zero-order chi connectivity index (χ0) is 22.6. The molecule has 2 atom stereocenters. The second-order valence-electron chi connectivity index (χ2n) is 8.88. The summed E-state index contributed by atoms with van der Waals surface area (Å²) >= 11 is -2.18. The van der Waals surface area contributed by atoms with Crippen molar-refractivity contribution >= 4 is 11.0 Å². The minimum atomic E-state index is -2.18. The van der Waals surface area contributed by atoms with Crippen molar-refractivity contribution in [1.82, 2.24) is 0 Å². The number of hydrogen-bond acceptors (Lipinski definition) is 0. The fourth-order valence-electron chi connectivity index (χ4n) is 5.11. The molecule has 0 aromatic heterocycles. The van der Waals surface area contributed by atoms with E-state index in [4.69, 9.17) is 0 Å². The maximum atomic E-state index is 14.0. The van der Waals surface area contributed by atoms with Crippen molar-refractivity contribution in [2.24, 2.45) is 5.92 Å². The van der Waals surface area contributed by atoms with E-state index in [0.717, 1.165) is 23.3 Å². The van der Waals surface area contributed by atoms with Gasteiger partial charge in [-0.25, -0.2) is 0 Å². The van der Waals surface area contributed by atoms with Crippen LogP contribution in [0.5, 0.6) is 0 Å². The molecule has 0 aliphatic heterocycles. The van der Waals surface area contributed by atoms with Gasteiger partial charge in [-0.1, -0.05) is 0 Å². The van der Waals surface area contributed by atoms with Gasteiger partial charge in [-0.3, -0.25) is 0 Å². The summed E-state index contributed by atoms with van der Waals surface area (Å²) in [6.45, 7) is 14.0. The number of rotatable bonds is 3. The van der Waals surface area contributed by atoms with Gasteiger partial charge >= 0.3 is 191 Å². The van der Waals surface area contributed by atoms with Crippen molar-refractivity contribution < 1.29 is 58.4 Å². The van der Waals surface area contributed by atoms with E-state index in [1.807, 2.05) is 12.1 Å². The Kier molecular flexibility index (Phi) is 9.29. The summed E-state index contributed by atoms with van der Waals surface area (Å²) in [6.07, 6.45) is 2.25. The smallest absolute Gasteiger partial charge is 1.00 e. The third kappa shape index (κ3) is 4.81. The molecule has 0 nitrogen and oxygen atoms in total. The molecule has 2 unspecified atom stereocenters. The molecule has 2 aromatic rings. The fourth-order valence-corrected chi connectivity index (χ4v) is 24.8. The molecule has 7 heteroatoms. The van der Waals surface area contributed by atoms with Gasteiger partial charge in [-0.15, -0.1) is 0 Å². The third-order valence-corrected chi connectivity index (χ3v) is 25.6. The van der Waals surface area contributed by atoms with Gasteiger partial charge in [0, 0.05) is 0 Å². The number of allylic oxidation sites excluding steroid dienone is 5. The minimum absolute atomic E-state index is 0. The Balaban J connectivity index is 0.00000193. The van der Waals surface area contributed by atoms with Crippen LogP contribution in [0.15, 0.2) is 62.5 Å². The van der Waals surface area contributed by atoms with Crippen LogP contribution >= 0.6 is 0 Å². The van der Waals surface area contributed by atoms with Crippen molar-refractivity contribution in [3.05, 3.63) is 96.6 Å². The number of hydrogen-bond donors (Lipinski definition) is 0. The maximum absolute atomic E-state index is 14.0. The molecular formula is C26H27Cl2F3SiZr. The van der Waals surface area contributed by atoms with E-state index in [-0.39, 0.29) is 24.8 Å². The Labute approximate surface area is 215 Å². The zero-order valence-corrected chi connectivity index (χ0v) is 24.6. The Morgan fingerprint density at radius 3 is 1.97 bits per heavy atom. The van der Waals surface area contributed by atoms with E-state index in [9.17, 15) is 13.2 Å². The van der Waals surface area contributed by atoms with Crippen LogP contribution in [-0.4, -0.2) is 5.43 Å².